The van der Waals surface area contributed by atoms with E-state index in [1.165, 1.54) is 5.56 Å². The number of pyridine rings is 1. The summed E-state index contributed by atoms with van der Waals surface area (Å²) in [5.74, 6) is 0.809. The predicted molar refractivity (Wildman–Crippen MR) is 92.5 cm³/mol. The molecule has 0 aliphatic carbocycles. The number of aromatic nitrogens is 1. The van der Waals surface area contributed by atoms with Crippen molar-refractivity contribution in [3.8, 4) is 6.07 Å². The van der Waals surface area contributed by atoms with Crippen molar-refractivity contribution in [2.24, 2.45) is 0 Å². The average Bonchev–Trinajstić information content (AvgIpc) is 2.82. The van der Waals surface area contributed by atoms with E-state index in [2.05, 4.69) is 33.0 Å². The van der Waals surface area contributed by atoms with Gasteiger partial charge in [0, 0.05) is 43.9 Å². The van der Waals surface area contributed by atoms with Crippen LogP contribution in [0.25, 0.3) is 0 Å². The minimum absolute atomic E-state index is 0.652. The summed E-state index contributed by atoms with van der Waals surface area (Å²) in [6.45, 7) is 4.76. The highest BCUT2D eigenvalue weighted by Gasteiger charge is 2.18. The fraction of sp³-hybridized carbons (Fsp3) is 0.333. The summed E-state index contributed by atoms with van der Waals surface area (Å²) in [5.41, 5.74) is 1.93. The van der Waals surface area contributed by atoms with Crippen molar-refractivity contribution >= 4 is 17.4 Å². The number of rotatable bonds is 3. The molecule has 0 unspecified atom stereocenters. The van der Waals surface area contributed by atoms with Gasteiger partial charge in [0.2, 0.25) is 0 Å². The van der Waals surface area contributed by atoms with E-state index in [0.29, 0.717) is 5.56 Å². The largest absolute Gasteiger partial charge is 0.354 e. The average molecular weight is 327 g/mol. The van der Waals surface area contributed by atoms with Crippen LogP contribution in [0.4, 0.5) is 5.82 Å². The molecule has 4 nitrogen and oxygen atoms in total. The Labute approximate surface area is 141 Å². The molecule has 0 spiro atoms. The Morgan fingerprint density at radius 2 is 1.91 bits per heavy atom. The maximum absolute atomic E-state index is 9.25. The van der Waals surface area contributed by atoms with Crippen LogP contribution in [-0.4, -0.2) is 36.1 Å². The highest BCUT2D eigenvalue weighted by molar-refractivity contribution is 6.30. The summed E-state index contributed by atoms with van der Waals surface area (Å²) in [5, 5.41) is 10.0. The zero-order valence-electron chi connectivity index (χ0n) is 13.0. The lowest BCUT2D eigenvalue weighted by Crippen LogP contribution is -2.31. The minimum Gasteiger partial charge on any atom is -0.354 e. The van der Waals surface area contributed by atoms with E-state index in [9.17, 15) is 5.26 Å². The fourth-order valence-corrected chi connectivity index (χ4v) is 3.05. The van der Waals surface area contributed by atoms with Crippen LogP contribution in [0.5, 0.6) is 0 Å². The Hall–Kier alpha value is -2.09. The number of benzene rings is 1. The monoisotopic (exact) mass is 326 g/mol. The third kappa shape index (κ3) is 4.01. The maximum atomic E-state index is 9.25. The van der Waals surface area contributed by atoms with Gasteiger partial charge < -0.3 is 4.90 Å². The molecule has 3 rings (SSSR count). The summed E-state index contributed by atoms with van der Waals surface area (Å²) < 4.78 is 0. The number of nitriles is 1. The number of halogens is 1. The van der Waals surface area contributed by atoms with Crippen molar-refractivity contribution in [2.75, 3.05) is 31.1 Å². The molecule has 0 bridgehead atoms. The number of nitrogens with zero attached hydrogens (tertiary/aromatic N) is 4. The van der Waals surface area contributed by atoms with Crippen molar-refractivity contribution in [2.45, 2.75) is 13.0 Å². The normalized spacial score (nSPS) is 15.9. The smallest absolute Gasteiger partial charge is 0.146 e. The molecule has 0 radical (unpaired) electrons. The third-order valence-corrected chi connectivity index (χ3v) is 4.37. The van der Waals surface area contributed by atoms with Crippen LogP contribution in [0.3, 0.4) is 0 Å². The molecule has 0 amide bonds. The molecule has 5 heteroatoms. The van der Waals surface area contributed by atoms with E-state index in [1.54, 1.807) is 6.20 Å². The van der Waals surface area contributed by atoms with Crippen molar-refractivity contribution in [3.05, 3.63) is 58.7 Å². The van der Waals surface area contributed by atoms with Crippen LogP contribution >= 0.6 is 11.6 Å². The Balaban J connectivity index is 1.65. The van der Waals surface area contributed by atoms with Gasteiger partial charge in [-0.15, -0.1) is 0 Å². The molecule has 2 heterocycles. The standard InChI is InChI=1S/C18H19ClN4/c19-17-6-4-15(5-7-17)14-22-9-2-10-23(12-11-22)18-16(13-20)3-1-8-21-18/h1,3-8H,2,9-12,14H2. The summed E-state index contributed by atoms with van der Waals surface area (Å²) in [4.78, 5) is 9.07. The van der Waals surface area contributed by atoms with Gasteiger partial charge >= 0.3 is 0 Å². The van der Waals surface area contributed by atoms with Gasteiger partial charge in [0.15, 0.2) is 0 Å². The van der Waals surface area contributed by atoms with E-state index >= 15 is 0 Å². The summed E-state index contributed by atoms with van der Waals surface area (Å²) in [6, 6.07) is 13.9. The molecule has 0 atom stereocenters. The molecular formula is C18H19ClN4. The molecule has 1 aromatic heterocycles. The van der Waals surface area contributed by atoms with Crippen LogP contribution in [0, 0.1) is 11.3 Å². The van der Waals surface area contributed by atoms with Crippen molar-refractivity contribution in [3.63, 3.8) is 0 Å². The molecule has 1 aliphatic rings. The first-order valence-corrected chi connectivity index (χ1v) is 8.21. The van der Waals surface area contributed by atoms with Gasteiger partial charge in [-0.25, -0.2) is 4.98 Å². The number of hydrogen-bond acceptors (Lipinski definition) is 4. The Kier molecular flexibility index (Phi) is 5.12. The van der Waals surface area contributed by atoms with Crippen molar-refractivity contribution < 1.29 is 0 Å². The van der Waals surface area contributed by atoms with Crippen LogP contribution < -0.4 is 4.90 Å². The van der Waals surface area contributed by atoms with E-state index < -0.39 is 0 Å². The summed E-state index contributed by atoms with van der Waals surface area (Å²) in [7, 11) is 0. The van der Waals surface area contributed by atoms with Gasteiger partial charge in [0.25, 0.3) is 0 Å². The second kappa shape index (κ2) is 7.45. The first-order chi connectivity index (χ1) is 11.3. The molecule has 1 aromatic carbocycles. The van der Waals surface area contributed by atoms with Crippen LogP contribution in [0.15, 0.2) is 42.6 Å². The van der Waals surface area contributed by atoms with Gasteiger partial charge in [-0.1, -0.05) is 23.7 Å². The summed E-state index contributed by atoms with van der Waals surface area (Å²) >= 11 is 5.94. The quantitative estimate of drug-likeness (QED) is 0.868. The molecule has 1 aliphatic heterocycles. The second-order valence-corrected chi connectivity index (χ2v) is 6.17. The van der Waals surface area contributed by atoms with Gasteiger partial charge in [-0.05, 0) is 36.2 Å². The Morgan fingerprint density at radius 3 is 2.70 bits per heavy atom. The first-order valence-electron chi connectivity index (χ1n) is 7.83. The molecule has 1 saturated heterocycles. The molecule has 23 heavy (non-hydrogen) atoms. The Bertz CT molecular complexity index is 693. The lowest BCUT2D eigenvalue weighted by Gasteiger charge is -2.23. The lowest BCUT2D eigenvalue weighted by atomic mass is 10.2. The zero-order chi connectivity index (χ0) is 16.1. The molecule has 118 valence electrons. The zero-order valence-corrected chi connectivity index (χ0v) is 13.7. The minimum atomic E-state index is 0.652. The van der Waals surface area contributed by atoms with Crippen molar-refractivity contribution in [1.29, 1.82) is 5.26 Å². The highest BCUT2D eigenvalue weighted by Crippen LogP contribution is 2.19. The third-order valence-electron chi connectivity index (χ3n) is 4.11. The van der Waals surface area contributed by atoms with Crippen LogP contribution in [0.2, 0.25) is 5.02 Å². The highest BCUT2D eigenvalue weighted by atomic mass is 35.5. The van der Waals surface area contributed by atoms with Crippen LogP contribution in [0.1, 0.15) is 17.5 Å². The maximum Gasteiger partial charge on any atom is 0.146 e. The summed E-state index contributed by atoms with van der Waals surface area (Å²) in [6.07, 6.45) is 2.82. The Morgan fingerprint density at radius 1 is 1.09 bits per heavy atom. The molecule has 2 aromatic rings. The molecule has 0 N–H and O–H groups in total. The van der Waals surface area contributed by atoms with Gasteiger partial charge in [-0.3, -0.25) is 4.90 Å². The number of hydrogen-bond donors (Lipinski definition) is 0. The first kappa shape index (κ1) is 15.8. The SMILES string of the molecule is N#Cc1cccnc1N1CCCN(Cc2ccc(Cl)cc2)CC1. The van der Waals surface area contributed by atoms with Crippen molar-refractivity contribution in [1.82, 2.24) is 9.88 Å². The van der Waals surface area contributed by atoms with Crippen LogP contribution in [-0.2, 0) is 6.54 Å². The lowest BCUT2D eigenvalue weighted by molar-refractivity contribution is 0.285. The van der Waals surface area contributed by atoms with Gasteiger partial charge in [0.05, 0.1) is 5.56 Å². The van der Waals surface area contributed by atoms with E-state index in [1.807, 2.05) is 24.3 Å². The van der Waals surface area contributed by atoms with E-state index in [-0.39, 0.29) is 0 Å². The molecule has 1 fully saturated rings. The van der Waals surface area contributed by atoms with Gasteiger partial charge in [-0.2, -0.15) is 5.26 Å². The van der Waals surface area contributed by atoms with E-state index in [4.69, 9.17) is 11.6 Å². The van der Waals surface area contributed by atoms with Gasteiger partial charge in [0.1, 0.15) is 11.9 Å². The fourth-order valence-electron chi connectivity index (χ4n) is 2.93. The molecular weight excluding hydrogens is 308 g/mol. The predicted octanol–water partition coefficient (Wildman–Crippen LogP) is 3.32. The number of anilines is 1. The second-order valence-electron chi connectivity index (χ2n) is 5.73. The molecule has 0 saturated carbocycles. The topological polar surface area (TPSA) is 43.2 Å². The van der Waals surface area contributed by atoms with E-state index in [0.717, 1.165) is 50.0 Å².